The van der Waals surface area contributed by atoms with Gasteiger partial charge in [0.05, 0.1) is 5.56 Å². The van der Waals surface area contributed by atoms with Crippen LogP contribution in [0, 0.1) is 5.92 Å². The fourth-order valence-electron chi connectivity index (χ4n) is 3.50. The van der Waals surface area contributed by atoms with E-state index in [4.69, 9.17) is 0 Å². The van der Waals surface area contributed by atoms with Crippen molar-refractivity contribution in [3.8, 4) is 0 Å². The van der Waals surface area contributed by atoms with Gasteiger partial charge in [-0.3, -0.25) is 9.78 Å². The molecule has 0 atom stereocenters. The number of thioether (sulfide) groups is 1. The van der Waals surface area contributed by atoms with E-state index in [1.165, 1.54) is 15.7 Å². The van der Waals surface area contributed by atoms with Crippen molar-refractivity contribution in [2.24, 2.45) is 5.92 Å². The van der Waals surface area contributed by atoms with Crippen LogP contribution in [0.25, 0.3) is 10.8 Å². The molecule has 0 saturated carbocycles. The monoisotopic (exact) mass is 376 g/mol. The van der Waals surface area contributed by atoms with Gasteiger partial charge in [-0.15, -0.1) is 11.8 Å². The Bertz CT molecular complexity index is 948. The van der Waals surface area contributed by atoms with Crippen LogP contribution in [0.2, 0.25) is 0 Å². The number of carbonyl (C=O) groups excluding carboxylic acids is 1. The Kier molecular flexibility index (Phi) is 5.44. The number of benzene rings is 2. The van der Waals surface area contributed by atoms with Gasteiger partial charge < -0.3 is 4.90 Å². The number of hydrogen-bond acceptors (Lipinski definition) is 3. The van der Waals surface area contributed by atoms with Crippen molar-refractivity contribution in [3.63, 3.8) is 0 Å². The zero-order chi connectivity index (χ0) is 18.6. The second kappa shape index (κ2) is 8.13. The number of likely N-dealkylation sites (tertiary alicyclic amines) is 1. The van der Waals surface area contributed by atoms with Crippen molar-refractivity contribution in [2.75, 3.05) is 13.1 Å². The highest BCUT2D eigenvalue weighted by Crippen LogP contribution is 2.27. The molecule has 1 aliphatic heterocycles. The van der Waals surface area contributed by atoms with E-state index in [0.717, 1.165) is 43.2 Å². The molecule has 0 radical (unpaired) electrons. The Morgan fingerprint density at radius 3 is 2.67 bits per heavy atom. The maximum absolute atomic E-state index is 12.8. The van der Waals surface area contributed by atoms with Crippen LogP contribution < -0.4 is 0 Å². The number of pyridine rings is 1. The van der Waals surface area contributed by atoms with Gasteiger partial charge in [0, 0.05) is 36.1 Å². The number of aromatic nitrogens is 1. The number of amides is 1. The van der Waals surface area contributed by atoms with Crippen molar-refractivity contribution in [2.45, 2.75) is 30.4 Å². The second-order valence-electron chi connectivity index (χ2n) is 7.35. The zero-order valence-corrected chi connectivity index (χ0v) is 16.4. The minimum atomic E-state index is 0.118. The molecule has 0 bridgehead atoms. The third kappa shape index (κ3) is 4.33. The molecule has 1 saturated heterocycles. The quantitative estimate of drug-likeness (QED) is 0.572. The molecule has 2 aromatic carbocycles. The van der Waals surface area contributed by atoms with E-state index < -0.39 is 0 Å². The first-order valence-electron chi connectivity index (χ1n) is 9.54. The molecular formula is C23H24N2OS. The van der Waals surface area contributed by atoms with Crippen LogP contribution in [0.1, 0.15) is 35.7 Å². The summed E-state index contributed by atoms with van der Waals surface area (Å²) in [5.41, 5.74) is 1.80. The number of rotatable bonds is 4. The van der Waals surface area contributed by atoms with Crippen LogP contribution >= 0.6 is 11.8 Å². The summed E-state index contributed by atoms with van der Waals surface area (Å²) in [6.07, 6.45) is 5.75. The molecule has 0 aliphatic carbocycles. The molecule has 4 heteroatoms. The van der Waals surface area contributed by atoms with Crippen LogP contribution in [0.3, 0.4) is 0 Å². The van der Waals surface area contributed by atoms with Crippen LogP contribution in [0.5, 0.6) is 0 Å². The van der Waals surface area contributed by atoms with Gasteiger partial charge in [0.2, 0.25) is 0 Å². The molecule has 138 valence electrons. The predicted octanol–water partition coefficient (Wildman–Crippen LogP) is 5.40. The minimum absolute atomic E-state index is 0.118. The average molecular weight is 377 g/mol. The number of hydrogen-bond donors (Lipinski definition) is 0. The Morgan fingerprint density at radius 2 is 1.85 bits per heavy atom. The Morgan fingerprint density at radius 1 is 1.07 bits per heavy atom. The first-order chi connectivity index (χ1) is 13.2. The van der Waals surface area contributed by atoms with Crippen molar-refractivity contribution >= 4 is 28.4 Å². The molecule has 1 fully saturated rings. The van der Waals surface area contributed by atoms with Gasteiger partial charge in [-0.25, -0.2) is 0 Å². The SMILES string of the molecule is CC1CCN(C(=O)c2cncc(CSc3ccc4ccccc4c3)c2)CC1. The highest BCUT2D eigenvalue weighted by Gasteiger charge is 2.21. The fourth-order valence-corrected chi connectivity index (χ4v) is 4.37. The summed E-state index contributed by atoms with van der Waals surface area (Å²) in [6, 6.07) is 16.9. The molecule has 3 nitrogen and oxygen atoms in total. The fraction of sp³-hybridized carbons (Fsp3) is 0.304. The van der Waals surface area contributed by atoms with Crippen molar-refractivity contribution < 1.29 is 4.79 Å². The standard InChI is InChI=1S/C23H24N2OS/c1-17-8-10-25(11-9-17)23(26)21-12-18(14-24-15-21)16-27-22-7-6-19-4-2-3-5-20(19)13-22/h2-7,12-15,17H,8-11,16H2,1H3. The first kappa shape index (κ1) is 18.1. The van der Waals surface area contributed by atoms with Gasteiger partial charge in [-0.05, 0) is 53.3 Å². The Balaban J connectivity index is 1.43. The summed E-state index contributed by atoms with van der Waals surface area (Å²) in [5, 5.41) is 2.51. The lowest BCUT2D eigenvalue weighted by Crippen LogP contribution is -2.37. The molecule has 27 heavy (non-hydrogen) atoms. The molecule has 1 aromatic heterocycles. The number of nitrogens with zero attached hydrogens (tertiary/aromatic N) is 2. The normalized spacial score (nSPS) is 15.2. The average Bonchev–Trinajstić information content (AvgIpc) is 2.72. The van der Waals surface area contributed by atoms with E-state index in [2.05, 4.69) is 54.4 Å². The molecule has 0 unspecified atom stereocenters. The van der Waals surface area contributed by atoms with Gasteiger partial charge in [-0.1, -0.05) is 37.3 Å². The van der Waals surface area contributed by atoms with E-state index >= 15 is 0 Å². The highest BCUT2D eigenvalue weighted by atomic mass is 32.2. The number of carbonyl (C=O) groups is 1. The van der Waals surface area contributed by atoms with Crippen molar-refractivity contribution in [1.29, 1.82) is 0 Å². The maximum atomic E-state index is 12.8. The largest absolute Gasteiger partial charge is 0.339 e. The van der Waals surface area contributed by atoms with Crippen LogP contribution in [-0.2, 0) is 5.75 Å². The Hall–Kier alpha value is -2.33. The van der Waals surface area contributed by atoms with E-state index in [9.17, 15) is 4.79 Å². The topological polar surface area (TPSA) is 33.2 Å². The van der Waals surface area contributed by atoms with Gasteiger partial charge in [0.15, 0.2) is 0 Å². The molecule has 3 aromatic rings. The summed E-state index contributed by atoms with van der Waals surface area (Å²) in [5.74, 6) is 1.65. The highest BCUT2D eigenvalue weighted by molar-refractivity contribution is 7.98. The minimum Gasteiger partial charge on any atom is -0.339 e. The Labute approximate surface area is 164 Å². The number of fused-ring (bicyclic) bond motifs is 1. The molecular weight excluding hydrogens is 352 g/mol. The summed E-state index contributed by atoms with van der Waals surface area (Å²) >= 11 is 1.78. The van der Waals surface area contributed by atoms with E-state index in [0.29, 0.717) is 5.56 Å². The van der Waals surface area contributed by atoms with E-state index in [-0.39, 0.29) is 5.91 Å². The van der Waals surface area contributed by atoms with Crippen molar-refractivity contribution in [3.05, 3.63) is 72.1 Å². The van der Waals surface area contributed by atoms with Gasteiger partial charge in [-0.2, -0.15) is 0 Å². The predicted molar refractivity (Wildman–Crippen MR) is 112 cm³/mol. The number of piperidine rings is 1. The molecule has 0 N–H and O–H groups in total. The van der Waals surface area contributed by atoms with Crippen LogP contribution in [0.15, 0.2) is 65.8 Å². The maximum Gasteiger partial charge on any atom is 0.255 e. The lowest BCUT2D eigenvalue weighted by molar-refractivity contribution is 0.0696. The van der Waals surface area contributed by atoms with Crippen molar-refractivity contribution in [1.82, 2.24) is 9.88 Å². The third-order valence-corrected chi connectivity index (χ3v) is 6.30. The summed E-state index contributed by atoms with van der Waals surface area (Å²) in [6.45, 7) is 3.97. The molecule has 0 spiro atoms. The lowest BCUT2D eigenvalue weighted by Gasteiger charge is -2.30. The molecule has 4 rings (SSSR count). The van der Waals surface area contributed by atoms with Gasteiger partial charge >= 0.3 is 0 Å². The summed E-state index contributed by atoms with van der Waals surface area (Å²) in [4.78, 5) is 20.3. The molecule has 1 aliphatic rings. The first-order valence-corrected chi connectivity index (χ1v) is 10.5. The van der Waals surface area contributed by atoms with E-state index in [1.807, 2.05) is 17.2 Å². The van der Waals surface area contributed by atoms with Gasteiger partial charge in [0.25, 0.3) is 5.91 Å². The lowest BCUT2D eigenvalue weighted by atomic mass is 9.99. The summed E-state index contributed by atoms with van der Waals surface area (Å²) < 4.78 is 0. The third-order valence-electron chi connectivity index (χ3n) is 5.24. The van der Waals surface area contributed by atoms with Crippen LogP contribution in [0.4, 0.5) is 0 Å². The summed E-state index contributed by atoms with van der Waals surface area (Å²) in [7, 11) is 0. The van der Waals surface area contributed by atoms with Gasteiger partial charge in [0.1, 0.15) is 0 Å². The molecule has 1 amide bonds. The zero-order valence-electron chi connectivity index (χ0n) is 15.6. The van der Waals surface area contributed by atoms with E-state index in [1.54, 1.807) is 18.0 Å². The molecule has 2 heterocycles. The smallest absolute Gasteiger partial charge is 0.255 e. The van der Waals surface area contributed by atoms with Crippen LogP contribution in [-0.4, -0.2) is 28.9 Å². The second-order valence-corrected chi connectivity index (χ2v) is 8.40.